The van der Waals surface area contributed by atoms with E-state index in [0.717, 1.165) is 16.8 Å². The van der Waals surface area contributed by atoms with Crippen molar-refractivity contribution in [3.8, 4) is 0 Å². The van der Waals surface area contributed by atoms with Gasteiger partial charge in [-0.25, -0.2) is 4.79 Å². The van der Waals surface area contributed by atoms with Crippen molar-refractivity contribution in [3.05, 3.63) is 52.7 Å². The smallest absolute Gasteiger partial charge is 0.334 e. The molecule has 0 spiro atoms. The van der Waals surface area contributed by atoms with Gasteiger partial charge < -0.3 is 24.4 Å². The predicted octanol–water partition coefficient (Wildman–Crippen LogP) is 2.24. The number of benzene rings is 1. The number of allylic oxidation sites excluding steroid dienone is 2. The first kappa shape index (κ1) is 22.6. The van der Waals surface area contributed by atoms with E-state index in [1.807, 2.05) is 25.1 Å². The molecule has 1 aromatic carbocycles. The highest BCUT2D eigenvalue weighted by Gasteiger charge is 2.44. The molecule has 0 saturated carbocycles. The maximum absolute atomic E-state index is 13.0. The van der Waals surface area contributed by atoms with Gasteiger partial charge in [-0.2, -0.15) is 0 Å². The van der Waals surface area contributed by atoms with Gasteiger partial charge in [0.1, 0.15) is 5.92 Å². The Bertz CT molecular complexity index is 912. The molecular weight excluding hydrogens is 400 g/mol. The number of carbonyl (C=O) groups excluding carboxylic acids is 3. The molecule has 1 saturated heterocycles. The van der Waals surface area contributed by atoms with Crippen molar-refractivity contribution in [2.45, 2.75) is 19.8 Å². The molecule has 1 amide bonds. The van der Waals surface area contributed by atoms with E-state index >= 15 is 0 Å². The van der Waals surface area contributed by atoms with Crippen LogP contribution in [0.2, 0.25) is 0 Å². The monoisotopic (exact) mass is 428 g/mol. The average molecular weight is 428 g/mol. The van der Waals surface area contributed by atoms with E-state index < -0.39 is 23.8 Å². The number of amides is 1. The van der Waals surface area contributed by atoms with Crippen molar-refractivity contribution in [2.24, 2.45) is 5.92 Å². The number of hydrogen-bond acceptors (Lipinski definition) is 7. The van der Waals surface area contributed by atoms with Crippen LogP contribution in [0.25, 0.3) is 0 Å². The van der Waals surface area contributed by atoms with Crippen LogP contribution < -0.4 is 5.32 Å². The Morgan fingerprint density at radius 2 is 1.71 bits per heavy atom. The Morgan fingerprint density at radius 3 is 2.26 bits per heavy atom. The fraction of sp³-hybridized carbons (Fsp3) is 0.435. The second-order valence-corrected chi connectivity index (χ2v) is 7.54. The minimum atomic E-state index is -0.715. The number of ether oxygens (including phenoxy) is 3. The van der Waals surface area contributed by atoms with Gasteiger partial charge in [0.05, 0.1) is 27.4 Å². The molecule has 0 aromatic heterocycles. The van der Waals surface area contributed by atoms with Gasteiger partial charge in [0.15, 0.2) is 0 Å². The van der Waals surface area contributed by atoms with Gasteiger partial charge in [0.25, 0.3) is 0 Å². The number of esters is 2. The van der Waals surface area contributed by atoms with E-state index in [2.05, 4.69) is 10.2 Å². The zero-order valence-electron chi connectivity index (χ0n) is 18.3. The second-order valence-electron chi connectivity index (χ2n) is 7.54. The fourth-order valence-electron chi connectivity index (χ4n) is 4.20. The summed E-state index contributed by atoms with van der Waals surface area (Å²) in [6.07, 6.45) is 1.88. The van der Waals surface area contributed by atoms with Crippen molar-refractivity contribution in [3.63, 3.8) is 0 Å². The summed E-state index contributed by atoms with van der Waals surface area (Å²) in [7, 11) is 2.67. The normalized spacial score (nSPS) is 21.3. The molecule has 166 valence electrons. The highest BCUT2D eigenvalue weighted by molar-refractivity contribution is 5.95. The van der Waals surface area contributed by atoms with Gasteiger partial charge in [-0.15, -0.1) is 0 Å². The van der Waals surface area contributed by atoms with Gasteiger partial charge in [0, 0.05) is 42.9 Å². The first-order valence-corrected chi connectivity index (χ1v) is 10.2. The van der Waals surface area contributed by atoms with E-state index in [4.69, 9.17) is 14.2 Å². The molecule has 2 atom stereocenters. The minimum absolute atomic E-state index is 0.179. The van der Waals surface area contributed by atoms with Crippen LogP contribution in [0.5, 0.6) is 0 Å². The van der Waals surface area contributed by atoms with Gasteiger partial charge in [-0.3, -0.25) is 9.59 Å². The Balaban J connectivity index is 2.12. The van der Waals surface area contributed by atoms with Crippen LogP contribution in [0.1, 0.15) is 25.3 Å². The summed E-state index contributed by atoms with van der Waals surface area (Å²) in [5, 5.41) is 2.73. The molecule has 0 unspecified atom stereocenters. The van der Waals surface area contributed by atoms with Crippen molar-refractivity contribution in [1.82, 2.24) is 4.90 Å². The van der Waals surface area contributed by atoms with Gasteiger partial charge in [-0.05, 0) is 36.3 Å². The zero-order valence-corrected chi connectivity index (χ0v) is 18.3. The second kappa shape index (κ2) is 9.78. The summed E-state index contributed by atoms with van der Waals surface area (Å²) in [6.45, 7) is 5.70. The Morgan fingerprint density at radius 1 is 1.06 bits per heavy atom. The van der Waals surface area contributed by atoms with Crippen molar-refractivity contribution < 1.29 is 28.6 Å². The third-order valence-corrected chi connectivity index (χ3v) is 5.58. The van der Waals surface area contributed by atoms with E-state index in [-0.39, 0.29) is 5.91 Å². The molecule has 31 heavy (non-hydrogen) atoms. The van der Waals surface area contributed by atoms with E-state index in [1.165, 1.54) is 21.1 Å². The third-order valence-electron chi connectivity index (χ3n) is 5.58. The third kappa shape index (κ3) is 4.80. The first-order chi connectivity index (χ1) is 14.9. The molecule has 0 radical (unpaired) electrons. The molecule has 8 nitrogen and oxygen atoms in total. The van der Waals surface area contributed by atoms with Crippen LogP contribution in [0.15, 0.2) is 47.2 Å². The van der Waals surface area contributed by atoms with Crippen LogP contribution >= 0.6 is 0 Å². The summed E-state index contributed by atoms with van der Waals surface area (Å²) in [6, 6.07) is 7.12. The topological polar surface area (TPSA) is 94.2 Å². The Hall–Kier alpha value is -3.13. The maximum atomic E-state index is 13.0. The van der Waals surface area contributed by atoms with Crippen molar-refractivity contribution in [2.75, 3.05) is 45.8 Å². The quantitative estimate of drug-likeness (QED) is 0.719. The van der Waals surface area contributed by atoms with Gasteiger partial charge in [0.2, 0.25) is 5.91 Å². The molecular formula is C23H28N2O6. The van der Waals surface area contributed by atoms with Crippen molar-refractivity contribution in [1.29, 1.82) is 0 Å². The molecule has 1 aliphatic carbocycles. The molecule has 1 aliphatic heterocycles. The fourth-order valence-corrected chi connectivity index (χ4v) is 4.20. The molecule has 1 N–H and O–H groups in total. The van der Waals surface area contributed by atoms with Gasteiger partial charge >= 0.3 is 11.9 Å². The number of morpholine rings is 1. The standard InChI is InChI=1S/C23H28N2O6/c1-14-13-18(25-9-11-31-12-10-25)21(23(28)30-4)20(19(14)22(27)29-3)16-5-7-17(8-6-16)24-15(2)26/h5-8,13,20-21H,9-12H2,1-4H3,(H,24,26)/t20-,21+/m1/s1. The number of carbonyl (C=O) groups is 3. The lowest BCUT2D eigenvalue weighted by Crippen LogP contribution is -2.43. The Kier molecular flexibility index (Phi) is 7.12. The lowest BCUT2D eigenvalue weighted by atomic mass is 9.73. The molecule has 1 fully saturated rings. The highest BCUT2D eigenvalue weighted by Crippen LogP contribution is 2.44. The SMILES string of the molecule is COC(=O)C1=C(C)C=C(N2CCOCC2)[C@H](C(=O)OC)[C@@H]1c1ccc(NC(C)=O)cc1. The summed E-state index contributed by atoms with van der Waals surface area (Å²) in [5.74, 6) is -2.40. The number of nitrogens with one attached hydrogen (secondary N) is 1. The van der Waals surface area contributed by atoms with E-state index in [0.29, 0.717) is 37.6 Å². The summed E-state index contributed by atoms with van der Waals surface area (Å²) < 4.78 is 15.7. The summed E-state index contributed by atoms with van der Waals surface area (Å²) >= 11 is 0. The molecule has 1 aromatic rings. The molecule has 1 heterocycles. The van der Waals surface area contributed by atoms with Gasteiger partial charge in [-0.1, -0.05) is 12.1 Å². The lowest BCUT2D eigenvalue weighted by molar-refractivity contribution is -0.145. The van der Waals surface area contributed by atoms with Crippen LogP contribution in [-0.4, -0.2) is 63.3 Å². The van der Waals surface area contributed by atoms with E-state index in [1.54, 1.807) is 12.1 Å². The molecule has 3 rings (SSSR count). The van der Waals surface area contributed by atoms with Crippen LogP contribution in [0.3, 0.4) is 0 Å². The number of hydrogen-bond donors (Lipinski definition) is 1. The average Bonchev–Trinajstić information content (AvgIpc) is 2.78. The molecule has 2 aliphatic rings. The van der Waals surface area contributed by atoms with Crippen LogP contribution in [0, 0.1) is 5.92 Å². The number of anilines is 1. The molecule has 0 bridgehead atoms. The summed E-state index contributed by atoms with van der Waals surface area (Å²) in [4.78, 5) is 39.3. The number of methoxy groups -OCH3 is 2. The summed E-state index contributed by atoms with van der Waals surface area (Å²) in [5.41, 5.74) is 3.34. The minimum Gasteiger partial charge on any atom is -0.468 e. The molecule has 8 heteroatoms. The van der Waals surface area contributed by atoms with E-state index in [9.17, 15) is 14.4 Å². The first-order valence-electron chi connectivity index (χ1n) is 10.2. The van der Waals surface area contributed by atoms with Crippen LogP contribution in [0.4, 0.5) is 5.69 Å². The van der Waals surface area contributed by atoms with Crippen molar-refractivity contribution >= 4 is 23.5 Å². The number of rotatable bonds is 5. The lowest BCUT2D eigenvalue weighted by Gasteiger charge is -2.40. The Labute approximate surface area is 181 Å². The predicted molar refractivity (Wildman–Crippen MR) is 114 cm³/mol. The van der Waals surface area contributed by atoms with Crippen LogP contribution in [-0.2, 0) is 28.6 Å². The highest BCUT2D eigenvalue weighted by atomic mass is 16.5. The maximum Gasteiger partial charge on any atom is 0.334 e. The zero-order chi connectivity index (χ0) is 22.5. The number of nitrogens with zero attached hydrogens (tertiary/aromatic N) is 1. The largest absolute Gasteiger partial charge is 0.468 e.